The Balaban J connectivity index is 2.31. The van der Waals surface area contributed by atoms with E-state index in [1.807, 2.05) is 0 Å². The fourth-order valence-electron chi connectivity index (χ4n) is 1.28. The van der Waals surface area contributed by atoms with Gasteiger partial charge in [-0.1, -0.05) is 18.3 Å². The smallest absolute Gasteiger partial charge is 0.227 e. The van der Waals surface area contributed by atoms with Gasteiger partial charge in [-0.3, -0.25) is 0 Å². The Labute approximate surface area is 107 Å². The fourth-order valence-corrected chi connectivity index (χ4v) is 1.39. The lowest BCUT2D eigenvalue weighted by Gasteiger charge is -2.07. The molecule has 0 aliphatic carbocycles. The van der Waals surface area contributed by atoms with Gasteiger partial charge in [-0.15, -0.1) is 0 Å². The highest BCUT2D eigenvalue weighted by Crippen LogP contribution is 2.19. The van der Waals surface area contributed by atoms with Crippen LogP contribution >= 0.6 is 12.2 Å². The lowest BCUT2D eigenvalue weighted by molar-refractivity contribution is 0.511. The first-order valence-electron chi connectivity index (χ1n) is 4.92. The van der Waals surface area contributed by atoms with Crippen molar-refractivity contribution in [2.45, 2.75) is 0 Å². The van der Waals surface area contributed by atoms with Gasteiger partial charge in [0.25, 0.3) is 0 Å². The Morgan fingerprint density at radius 2 is 2.06 bits per heavy atom. The van der Waals surface area contributed by atoms with Gasteiger partial charge in [0.15, 0.2) is 11.6 Å². The van der Waals surface area contributed by atoms with Crippen molar-refractivity contribution in [2.75, 3.05) is 5.32 Å². The lowest BCUT2D eigenvalue weighted by Crippen LogP contribution is -2.13. The molecule has 0 spiro atoms. The van der Waals surface area contributed by atoms with Gasteiger partial charge in [-0.25, -0.2) is 18.7 Å². The van der Waals surface area contributed by atoms with Gasteiger partial charge in [0, 0.05) is 6.20 Å². The zero-order valence-corrected chi connectivity index (χ0v) is 9.84. The first kappa shape index (κ1) is 12.3. The average molecular weight is 266 g/mol. The molecule has 0 fully saturated rings. The van der Waals surface area contributed by atoms with E-state index in [0.29, 0.717) is 5.69 Å². The summed E-state index contributed by atoms with van der Waals surface area (Å²) in [5.74, 6) is -1.86. The highest BCUT2D eigenvalue weighted by atomic mass is 32.1. The van der Waals surface area contributed by atoms with Gasteiger partial charge in [0.2, 0.25) is 5.95 Å². The number of halogens is 2. The second-order valence-electron chi connectivity index (χ2n) is 3.36. The Morgan fingerprint density at radius 3 is 2.78 bits per heavy atom. The Morgan fingerprint density at radius 1 is 1.28 bits per heavy atom. The summed E-state index contributed by atoms with van der Waals surface area (Å²) >= 11 is 4.76. The van der Waals surface area contributed by atoms with Crippen LogP contribution in [0.1, 0.15) is 5.69 Å². The number of nitrogens with zero attached hydrogens (tertiary/aromatic N) is 2. The maximum atomic E-state index is 13.4. The number of hydrogen-bond acceptors (Lipinski definition) is 4. The van der Waals surface area contributed by atoms with E-state index in [0.717, 1.165) is 6.07 Å². The summed E-state index contributed by atoms with van der Waals surface area (Å²) in [7, 11) is 0. The summed E-state index contributed by atoms with van der Waals surface area (Å²) in [4.78, 5) is 7.92. The first-order chi connectivity index (χ1) is 8.58. The molecule has 92 valence electrons. The molecule has 0 amide bonds. The predicted molar refractivity (Wildman–Crippen MR) is 67.6 cm³/mol. The van der Waals surface area contributed by atoms with Crippen LogP contribution in [0.15, 0.2) is 30.5 Å². The zero-order valence-electron chi connectivity index (χ0n) is 9.02. The minimum atomic E-state index is -0.998. The Bertz CT molecular complexity index is 603. The maximum absolute atomic E-state index is 13.4. The molecule has 2 rings (SSSR count). The van der Waals surface area contributed by atoms with Gasteiger partial charge in [0.1, 0.15) is 10.7 Å². The number of hydrogen-bond donors (Lipinski definition) is 2. The molecule has 0 saturated heterocycles. The molecule has 1 heterocycles. The number of aromatic nitrogens is 2. The van der Waals surface area contributed by atoms with Gasteiger partial charge >= 0.3 is 0 Å². The normalized spacial score (nSPS) is 10.1. The molecule has 0 aliphatic heterocycles. The molecule has 2 aromatic rings. The third-order valence-corrected chi connectivity index (χ3v) is 2.32. The van der Waals surface area contributed by atoms with Crippen molar-refractivity contribution in [3.8, 4) is 0 Å². The first-order valence-corrected chi connectivity index (χ1v) is 5.32. The predicted octanol–water partition coefficient (Wildman–Crippen LogP) is 2.13. The van der Waals surface area contributed by atoms with Crippen molar-refractivity contribution in [3.05, 3.63) is 47.8 Å². The second kappa shape index (κ2) is 5.01. The summed E-state index contributed by atoms with van der Waals surface area (Å²) in [6.07, 6.45) is 1.42. The molecule has 7 heteroatoms. The summed E-state index contributed by atoms with van der Waals surface area (Å²) in [6.45, 7) is 0. The quantitative estimate of drug-likeness (QED) is 0.833. The van der Waals surface area contributed by atoms with Crippen LogP contribution in [0.5, 0.6) is 0 Å². The van der Waals surface area contributed by atoms with Gasteiger partial charge in [-0.05, 0) is 18.2 Å². The van der Waals surface area contributed by atoms with Crippen molar-refractivity contribution < 1.29 is 8.78 Å². The van der Waals surface area contributed by atoms with Crippen LogP contribution in [0, 0.1) is 11.6 Å². The molecule has 18 heavy (non-hydrogen) atoms. The van der Waals surface area contributed by atoms with E-state index in [4.69, 9.17) is 18.0 Å². The fraction of sp³-hybridized carbons (Fsp3) is 0. The number of anilines is 2. The topological polar surface area (TPSA) is 63.8 Å². The van der Waals surface area contributed by atoms with Crippen molar-refractivity contribution in [3.63, 3.8) is 0 Å². The van der Waals surface area contributed by atoms with Crippen molar-refractivity contribution in [1.29, 1.82) is 0 Å². The molecule has 0 aliphatic rings. The molecule has 0 unspecified atom stereocenters. The number of nitrogens with one attached hydrogen (secondary N) is 1. The van der Waals surface area contributed by atoms with Gasteiger partial charge in [-0.2, -0.15) is 0 Å². The molecule has 0 saturated carbocycles. The van der Waals surface area contributed by atoms with Crippen LogP contribution in [0.4, 0.5) is 20.4 Å². The third kappa shape index (κ3) is 2.57. The van der Waals surface area contributed by atoms with Crippen molar-refractivity contribution in [2.24, 2.45) is 5.73 Å². The molecule has 3 N–H and O–H groups in total. The van der Waals surface area contributed by atoms with E-state index in [-0.39, 0.29) is 16.6 Å². The summed E-state index contributed by atoms with van der Waals surface area (Å²) < 4.78 is 26.4. The number of thiocarbonyl (C=S) groups is 1. The van der Waals surface area contributed by atoms with Crippen LogP contribution < -0.4 is 11.1 Å². The number of benzene rings is 1. The van der Waals surface area contributed by atoms with Crippen molar-refractivity contribution in [1.82, 2.24) is 9.97 Å². The third-order valence-electron chi connectivity index (χ3n) is 2.11. The standard InChI is InChI=1S/C11H8F2N4S/c12-6-2-1-3-7(9(6)13)16-11-15-5-4-8(17-11)10(14)18/h1-5H,(H2,14,18)(H,15,16,17). The molecule has 0 atom stereocenters. The summed E-state index contributed by atoms with van der Waals surface area (Å²) in [6, 6.07) is 5.29. The highest BCUT2D eigenvalue weighted by Gasteiger charge is 2.09. The lowest BCUT2D eigenvalue weighted by atomic mass is 10.3. The monoisotopic (exact) mass is 266 g/mol. The molecular weight excluding hydrogens is 258 g/mol. The minimum absolute atomic E-state index is 0.0601. The largest absolute Gasteiger partial charge is 0.388 e. The summed E-state index contributed by atoms with van der Waals surface area (Å²) in [5.41, 5.74) is 5.70. The Hall–Kier alpha value is -2.15. The minimum Gasteiger partial charge on any atom is -0.388 e. The van der Waals surface area contributed by atoms with Crippen LogP contribution in [0.2, 0.25) is 0 Å². The average Bonchev–Trinajstić information content (AvgIpc) is 2.35. The number of rotatable bonds is 3. The molecule has 4 nitrogen and oxygen atoms in total. The van der Waals surface area contributed by atoms with Crippen LogP contribution in [0.25, 0.3) is 0 Å². The van der Waals surface area contributed by atoms with Crippen LogP contribution in [-0.4, -0.2) is 15.0 Å². The SMILES string of the molecule is NC(=S)c1ccnc(Nc2cccc(F)c2F)n1. The molecular formula is C11H8F2N4S. The highest BCUT2D eigenvalue weighted by molar-refractivity contribution is 7.80. The van der Waals surface area contributed by atoms with Gasteiger partial charge < -0.3 is 11.1 Å². The van der Waals surface area contributed by atoms with E-state index >= 15 is 0 Å². The molecule has 0 radical (unpaired) electrons. The summed E-state index contributed by atoms with van der Waals surface area (Å²) in [5, 5.41) is 2.56. The number of nitrogens with two attached hydrogens (primary N) is 1. The molecule has 1 aromatic heterocycles. The van der Waals surface area contributed by atoms with E-state index in [2.05, 4.69) is 15.3 Å². The maximum Gasteiger partial charge on any atom is 0.227 e. The van der Waals surface area contributed by atoms with Crippen molar-refractivity contribution >= 4 is 28.8 Å². The van der Waals surface area contributed by atoms with E-state index in [1.54, 1.807) is 0 Å². The molecule has 0 bridgehead atoms. The van der Waals surface area contributed by atoms with E-state index in [9.17, 15) is 8.78 Å². The van der Waals surface area contributed by atoms with E-state index < -0.39 is 11.6 Å². The zero-order chi connectivity index (χ0) is 13.1. The van der Waals surface area contributed by atoms with Gasteiger partial charge in [0.05, 0.1) is 5.69 Å². The van der Waals surface area contributed by atoms with E-state index in [1.165, 1.54) is 24.4 Å². The molecule has 1 aromatic carbocycles. The second-order valence-corrected chi connectivity index (χ2v) is 3.80. The van der Waals surface area contributed by atoms with Crippen LogP contribution in [0.3, 0.4) is 0 Å². The van der Waals surface area contributed by atoms with Crippen LogP contribution in [-0.2, 0) is 0 Å². The Kier molecular flexibility index (Phi) is 3.42.